The molecule has 4 heteroatoms. The van der Waals surface area contributed by atoms with Crippen molar-refractivity contribution < 1.29 is 4.74 Å². The van der Waals surface area contributed by atoms with Gasteiger partial charge in [-0.15, -0.1) is 0 Å². The molecule has 0 aromatic carbocycles. The molecule has 0 aliphatic carbocycles. The molecule has 3 heterocycles. The van der Waals surface area contributed by atoms with Gasteiger partial charge in [-0.25, -0.2) is 4.98 Å². The number of pyridine rings is 2. The van der Waals surface area contributed by atoms with Crippen LogP contribution in [0.2, 0.25) is 0 Å². The topological polar surface area (TPSA) is 39.4 Å². The van der Waals surface area contributed by atoms with Gasteiger partial charge in [-0.2, -0.15) is 0 Å². The van der Waals surface area contributed by atoms with Gasteiger partial charge in [-0.3, -0.25) is 4.98 Å². The van der Waals surface area contributed by atoms with E-state index in [1.807, 2.05) is 19.2 Å². The summed E-state index contributed by atoms with van der Waals surface area (Å²) in [6, 6.07) is 6.25. The van der Waals surface area contributed by atoms with E-state index in [0.29, 0.717) is 5.92 Å². The zero-order valence-electron chi connectivity index (χ0n) is 14.4. The molecule has 0 bridgehead atoms. The second-order valence-corrected chi connectivity index (χ2v) is 6.25. The number of rotatable bonds is 4. The molecule has 3 aromatic heterocycles. The molecule has 0 radical (unpaired) electrons. The Balaban J connectivity index is 2.26. The molecule has 0 aliphatic rings. The highest BCUT2D eigenvalue weighted by Gasteiger charge is 2.16. The lowest BCUT2D eigenvalue weighted by Crippen LogP contribution is -2.01. The molecular formula is C19H23N3O. The number of aryl methyl sites for hydroxylation is 1. The second-order valence-electron chi connectivity index (χ2n) is 6.25. The minimum Gasteiger partial charge on any atom is -0.377 e. The van der Waals surface area contributed by atoms with E-state index in [-0.39, 0.29) is 6.10 Å². The van der Waals surface area contributed by atoms with Crippen LogP contribution in [0, 0.1) is 6.92 Å². The normalized spacial score (nSPS) is 13.0. The Morgan fingerprint density at radius 1 is 1.17 bits per heavy atom. The zero-order chi connectivity index (χ0) is 16.6. The number of ether oxygens (including phenoxy) is 1. The number of aromatic nitrogens is 3. The molecule has 3 rings (SSSR count). The van der Waals surface area contributed by atoms with Gasteiger partial charge in [-0.1, -0.05) is 19.9 Å². The largest absolute Gasteiger partial charge is 0.377 e. The summed E-state index contributed by atoms with van der Waals surface area (Å²) in [5.74, 6) is 0.393. The first kappa shape index (κ1) is 15.7. The van der Waals surface area contributed by atoms with E-state index < -0.39 is 0 Å². The third-order valence-electron chi connectivity index (χ3n) is 4.30. The summed E-state index contributed by atoms with van der Waals surface area (Å²) < 4.78 is 7.68. The van der Waals surface area contributed by atoms with Crippen LogP contribution in [0.1, 0.15) is 49.7 Å². The highest BCUT2D eigenvalue weighted by atomic mass is 16.5. The van der Waals surface area contributed by atoms with E-state index in [1.165, 1.54) is 0 Å². The maximum absolute atomic E-state index is 5.57. The van der Waals surface area contributed by atoms with Crippen molar-refractivity contribution in [1.82, 2.24) is 14.4 Å². The van der Waals surface area contributed by atoms with Gasteiger partial charge >= 0.3 is 0 Å². The third kappa shape index (κ3) is 2.86. The molecule has 23 heavy (non-hydrogen) atoms. The fourth-order valence-corrected chi connectivity index (χ4v) is 2.78. The SMILES string of the molecule is CO[C@H](C)c1cc(-c2cccnc2C)cn2cc(C(C)C)nc12. The van der Waals surface area contributed by atoms with Crippen molar-refractivity contribution in [2.45, 2.75) is 39.7 Å². The Bertz CT molecular complexity index is 836. The van der Waals surface area contributed by atoms with E-state index in [9.17, 15) is 0 Å². The second kappa shape index (κ2) is 6.13. The summed E-state index contributed by atoms with van der Waals surface area (Å²) in [7, 11) is 1.73. The van der Waals surface area contributed by atoms with E-state index in [4.69, 9.17) is 9.72 Å². The summed E-state index contributed by atoms with van der Waals surface area (Å²) in [5.41, 5.74) is 6.45. The minimum atomic E-state index is -0.0168. The first-order chi connectivity index (χ1) is 11.0. The van der Waals surface area contributed by atoms with Crippen LogP contribution in [0.3, 0.4) is 0 Å². The van der Waals surface area contributed by atoms with Crippen molar-refractivity contribution in [3.8, 4) is 11.1 Å². The Kier molecular flexibility index (Phi) is 4.18. The molecule has 0 fully saturated rings. The van der Waals surface area contributed by atoms with Gasteiger partial charge < -0.3 is 9.14 Å². The van der Waals surface area contributed by atoms with Gasteiger partial charge in [0.05, 0.1) is 11.8 Å². The first-order valence-corrected chi connectivity index (χ1v) is 7.98. The first-order valence-electron chi connectivity index (χ1n) is 7.98. The highest BCUT2D eigenvalue weighted by molar-refractivity contribution is 5.69. The molecule has 0 spiro atoms. The minimum absolute atomic E-state index is 0.0168. The van der Waals surface area contributed by atoms with Crippen molar-refractivity contribution in [2.24, 2.45) is 0 Å². The van der Waals surface area contributed by atoms with Crippen LogP contribution in [0.5, 0.6) is 0 Å². The zero-order valence-corrected chi connectivity index (χ0v) is 14.4. The predicted octanol–water partition coefficient (Wildman–Crippen LogP) is 4.54. The lowest BCUT2D eigenvalue weighted by Gasteiger charge is -2.14. The molecular weight excluding hydrogens is 286 g/mol. The fraction of sp³-hybridized carbons (Fsp3) is 0.368. The van der Waals surface area contributed by atoms with Crippen LogP contribution in [0.25, 0.3) is 16.8 Å². The fourth-order valence-electron chi connectivity index (χ4n) is 2.78. The van der Waals surface area contributed by atoms with Crippen LogP contribution in [-0.4, -0.2) is 21.5 Å². The molecule has 0 aliphatic heterocycles. The van der Waals surface area contributed by atoms with Crippen LogP contribution in [-0.2, 0) is 4.74 Å². The van der Waals surface area contributed by atoms with E-state index in [0.717, 1.165) is 33.7 Å². The molecule has 1 atom stereocenters. The number of imidazole rings is 1. The standard InChI is InChI=1S/C19H23N3O/c1-12(2)18-11-22-10-15(16-7-6-8-20-13(16)3)9-17(14(4)23-5)19(22)21-18/h6-12,14H,1-5H3/t14-/m1/s1. The molecule has 0 N–H and O–H groups in total. The van der Waals surface area contributed by atoms with Crippen LogP contribution in [0.15, 0.2) is 36.8 Å². The maximum Gasteiger partial charge on any atom is 0.142 e. The van der Waals surface area contributed by atoms with Gasteiger partial charge in [-0.05, 0) is 31.9 Å². The summed E-state index contributed by atoms with van der Waals surface area (Å²) in [5, 5.41) is 0. The van der Waals surface area contributed by atoms with Gasteiger partial charge in [0.1, 0.15) is 5.65 Å². The maximum atomic E-state index is 5.57. The summed E-state index contributed by atoms with van der Waals surface area (Å²) in [4.78, 5) is 9.21. The number of methoxy groups -OCH3 is 1. The van der Waals surface area contributed by atoms with Gasteiger partial charge in [0.25, 0.3) is 0 Å². The number of nitrogens with zero attached hydrogens (tertiary/aromatic N) is 3. The van der Waals surface area contributed by atoms with Gasteiger partial charge in [0.15, 0.2) is 0 Å². The quantitative estimate of drug-likeness (QED) is 0.710. The smallest absolute Gasteiger partial charge is 0.142 e. The Hall–Kier alpha value is -2.20. The van der Waals surface area contributed by atoms with Crippen LogP contribution < -0.4 is 0 Å². The summed E-state index contributed by atoms with van der Waals surface area (Å²) in [6.45, 7) is 8.41. The molecule has 120 valence electrons. The van der Waals surface area contributed by atoms with E-state index in [2.05, 4.69) is 54.7 Å². The number of hydrogen-bond donors (Lipinski definition) is 0. The van der Waals surface area contributed by atoms with E-state index >= 15 is 0 Å². The van der Waals surface area contributed by atoms with Crippen molar-refractivity contribution in [3.63, 3.8) is 0 Å². The van der Waals surface area contributed by atoms with Crippen molar-refractivity contribution in [2.75, 3.05) is 7.11 Å². The third-order valence-corrected chi connectivity index (χ3v) is 4.30. The lowest BCUT2D eigenvalue weighted by atomic mass is 10.0. The van der Waals surface area contributed by atoms with Gasteiger partial charge in [0, 0.05) is 48.1 Å². The molecule has 0 saturated heterocycles. The Labute approximate surface area is 137 Å². The van der Waals surface area contributed by atoms with Crippen molar-refractivity contribution >= 4 is 5.65 Å². The summed E-state index contributed by atoms with van der Waals surface area (Å²) in [6.07, 6.45) is 6.05. The average molecular weight is 309 g/mol. The van der Waals surface area contributed by atoms with Crippen molar-refractivity contribution in [1.29, 1.82) is 0 Å². The number of hydrogen-bond acceptors (Lipinski definition) is 3. The molecule has 0 amide bonds. The van der Waals surface area contributed by atoms with Crippen LogP contribution >= 0.6 is 0 Å². The predicted molar refractivity (Wildman–Crippen MR) is 92.7 cm³/mol. The lowest BCUT2D eigenvalue weighted by molar-refractivity contribution is 0.120. The Morgan fingerprint density at radius 2 is 1.96 bits per heavy atom. The van der Waals surface area contributed by atoms with E-state index in [1.54, 1.807) is 7.11 Å². The number of fused-ring (bicyclic) bond motifs is 1. The molecule has 4 nitrogen and oxygen atoms in total. The van der Waals surface area contributed by atoms with Gasteiger partial charge in [0.2, 0.25) is 0 Å². The highest BCUT2D eigenvalue weighted by Crippen LogP contribution is 2.30. The molecule has 3 aromatic rings. The molecule has 0 saturated carbocycles. The monoisotopic (exact) mass is 309 g/mol. The van der Waals surface area contributed by atoms with Crippen LogP contribution in [0.4, 0.5) is 0 Å². The summed E-state index contributed by atoms with van der Waals surface area (Å²) >= 11 is 0. The Morgan fingerprint density at radius 3 is 2.61 bits per heavy atom. The van der Waals surface area contributed by atoms with Crippen molar-refractivity contribution in [3.05, 3.63) is 53.7 Å². The average Bonchev–Trinajstić information content (AvgIpc) is 2.98. The molecule has 0 unspecified atom stereocenters.